The number of fused-ring (bicyclic) bond motifs is 1. The highest BCUT2D eigenvalue weighted by Crippen LogP contribution is 2.24. The molecule has 1 aromatic carbocycles. The minimum absolute atomic E-state index is 0.116. The fourth-order valence-electron chi connectivity index (χ4n) is 3.21. The smallest absolute Gasteiger partial charge is 0.404 e. The zero-order chi connectivity index (χ0) is 27.9. The number of benzene rings is 1. The van der Waals surface area contributed by atoms with Gasteiger partial charge in [-0.15, -0.1) is 0 Å². The molecule has 0 fully saturated rings. The Morgan fingerprint density at radius 3 is 2.66 bits per heavy atom. The summed E-state index contributed by atoms with van der Waals surface area (Å²) in [4.78, 5) is 32.4. The maximum atomic E-state index is 12.3. The van der Waals surface area contributed by atoms with Crippen molar-refractivity contribution in [1.29, 1.82) is 0 Å². The summed E-state index contributed by atoms with van der Waals surface area (Å²) in [6, 6.07) is 6.49. The first-order valence-electron chi connectivity index (χ1n) is 11.4. The molecule has 14 heteroatoms. The van der Waals surface area contributed by atoms with Crippen LogP contribution in [0.25, 0.3) is 22.5 Å². The first-order chi connectivity index (χ1) is 18.0. The summed E-state index contributed by atoms with van der Waals surface area (Å²) in [5.41, 5.74) is 8.78. The van der Waals surface area contributed by atoms with E-state index in [1.807, 2.05) is 0 Å². The number of rotatable bonds is 9. The monoisotopic (exact) mass is 532 g/mol. The summed E-state index contributed by atoms with van der Waals surface area (Å²) < 4.78 is 38.5. The second kappa shape index (κ2) is 12.2. The Balaban J connectivity index is 1.75. The molecule has 6 N–H and O–H groups in total. The lowest BCUT2D eigenvalue weighted by molar-refractivity contribution is -0.123. The normalized spacial score (nSPS) is 13.9. The number of carbonyl (C=O) groups is 2. The summed E-state index contributed by atoms with van der Waals surface area (Å²) in [7, 11) is 0. The molecule has 2 aromatic heterocycles. The molecule has 0 aliphatic rings. The molecule has 3 aromatic rings. The molecule has 0 radical (unpaired) electrons. The number of halogens is 3. The lowest BCUT2D eigenvalue weighted by Gasteiger charge is -2.11. The van der Waals surface area contributed by atoms with Gasteiger partial charge in [-0.3, -0.25) is 9.79 Å². The van der Waals surface area contributed by atoms with Gasteiger partial charge < -0.3 is 26.8 Å². The molecule has 11 nitrogen and oxygen atoms in total. The van der Waals surface area contributed by atoms with Crippen LogP contribution >= 0.6 is 0 Å². The number of urea groups is 1. The number of hydrogen-bond acceptors (Lipinski definition) is 7. The average molecular weight is 533 g/mol. The lowest BCUT2D eigenvalue weighted by atomic mass is 10.1. The highest BCUT2D eigenvalue weighted by Gasteiger charge is 2.27. The third-order valence-electron chi connectivity index (χ3n) is 5.13. The fraction of sp³-hybridized carbons (Fsp3) is 0.292. The quantitative estimate of drug-likeness (QED) is 0.266. The summed E-state index contributed by atoms with van der Waals surface area (Å²) in [6.07, 6.45) is 0.672. The average Bonchev–Trinajstić information content (AvgIpc) is 3.29. The van der Waals surface area contributed by atoms with Crippen molar-refractivity contribution in [2.24, 2.45) is 10.7 Å². The molecule has 202 valence electrons. The van der Waals surface area contributed by atoms with Crippen molar-refractivity contribution >= 4 is 35.1 Å². The van der Waals surface area contributed by atoms with Gasteiger partial charge in [0.05, 0.1) is 24.2 Å². The molecule has 2 heterocycles. The first-order valence-corrected chi connectivity index (χ1v) is 11.4. The number of amides is 3. The lowest BCUT2D eigenvalue weighted by Crippen LogP contribution is -2.36. The molecule has 2 atom stereocenters. The number of nitrogens with zero attached hydrogens (tertiary/aromatic N) is 4. The van der Waals surface area contributed by atoms with E-state index in [4.69, 9.17) is 5.73 Å². The minimum Gasteiger partial charge on any atom is -0.404 e. The number of imidazole rings is 1. The van der Waals surface area contributed by atoms with Gasteiger partial charge in [-0.05, 0) is 32.0 Å². The molecule has 3 amide bonds. The number of aliphatic hydroxyl groups excluding tert-OH is 1. The first kappa shape index (κ1) is 28.1. The molecule has 3 rings (SSSR count). The van der Waals surface area contributed by atoms with Crippen LogP contribution in [0.15, 0.2) is 53.9 Å². The van der Waals surface area contributed by atoms with Crippen molar-refractivity contribution in [3.05, 3.63) is 54.5 Å². The van der Waals surface area contributed by atoms with Crippen molar-refractivity contribution in [3.63, 3.8) is 0 Å². The van der Waals surface area contributed by atoms with Crippen LogP contribution in [0.5, 0.6) is 0 Å². The van der Waals surface area contributed by atoms with Crippen molar-refractivity contribution in [1.82, 2.24) is 25.2 Å². The van der Waals surface area contributed by atoms with E-state index < -0.39 is 30.9 Å². The van der Waals surface area contributed by atoms with Gasteiger partial charge in [0.1, 0.15) is 12.6 Å². The van der Waals surface area contributed by atoms with Crippen molar-refractivity contribution < 1.29 is 27.9 Å². The Bertz CT molecular complexity index is 1350. The highest BCUT2D eigenvalue weighted by atomic mass is 19.4. The maximum absolute atomic E-state index is 12.3. The molecule has 0 aliphatic carbocycles. The highest BCUT2D eigenvalue weighted by molar-refractivity contribution is 6.10. The Morgan fingerprint density at radius 2 is 1.97 bits per heavy atom. The number of aromatic nitrogens is 3. The third-order valence-corrected chi connectivity index (χ3v) is 5.13. The summed E-state index contributed by atoms with van der Waals surface area (Å²) >= 11 is 0. The number of nitrogens with one attached hydrogen (secondary N) is 3. The standard InChI is InChI=1S/C24H27F3N8O3/c1-14(36)9-31-22(37)15(2)29-10-18(8-28)17-7-21-30-12-20(35(21)33-11-17)16-4-3-5-19(6-16)34-23(38)32-13-24(25,26)27/h3-8,10-12,14-15,36H,9,13,28H2,1-2H3,(H,31,37)(H2,32,34,38)/b18-8+,29-10?. The SMILES string of the molecule is CC(O)CNC(=O)C(C)N=C/C(=C\N)c1cnn2c(-c3cccc(NC(=O)NCC(F)(F)F)c3)cnc2c1. The second-order valence-electron chi connectivity index (χ2n) is 8.33. The van der Waals surface area contributed by atoms with Gasteiger partial charge in [-0.1, -0.05) is 12.1 Å². The van der Waals surface area contributed by atoms with E-state index >= 15 is 0 Å². The molecular formula is C24H27F3N8O3. The van der Waals surface area contributed by atoms with E-state index in [9.17, 15) is 27.9 Å². The Hall–Kier alpha value is -4.46. The van der Waals surface area contributed by atoms with E-state index in [0.717, 1.165) is 0 Å². The van der Waals surface area contributed by atoms with Crippen LogP contribution in [-0.2, 0) is 4.79 Å². The third kappa shape index (κ3) is 7.77. The predicted molar refractivity (Wildman–Crippen MR) is 136 cm³/mol. The van der Waals surface area contributed by atoms with Crippen molar-refractivity contribution in [2.45, 2.75) is 32.2 Å². The molecular weight excluding hydrogens is 505 g/mol. The predicted octanol–water partition coefficient (Wildman–Crippen LogP) is 2.34. The van der Waals surface area contributed by atoms with Crippen LogP contribution in [0.1, 0.15) is 19.4 Å². The van der Waals surface area contributed by atoms with Crippen molar-refractivity contribution in [3.8, 4) is 11.3 Å². The van der Waals surface area contributed by atoms with Gasteiger partial charge in [0.15, 0.2) is 5.65 Å². The molecule has 38 heavy (non-hydrogen) atoms. The number of alkyl halides is 3. The molecule has 0 saturated heterocycles. The van der Waals surface area contributed by atoms with E-state index in [2.05, 4.69) is 25.7 Å². The number of aliphatic imine (C=N–C) groups is 1. The molecule has 2 unspecified atom stereocenters. The van der Waals surface area contributed by atoms with Crippen LogP contribution in [0.3, 0.4) is 0 Å². The Kier molecular flexibility index (Phi) is 9.02. The largest absolute Gasteiger partial charge is 0.405 e. The van der Waals surface area contributed by atoms with Gasteiger partial charge in [0.2, 0.25) is 5.91 Å². The topological polar surface area (TPSA) is 159 Å². The van der Waals surface area contributed by atoms with E-state index in [0.29, 0.717) is 28.0 Å². The molecule has 0 aliphatic heterocycles. The van der Waals surface area contributed by atoms with E-state index in [1.165, 1.54) is 24.7 Å². The number of carbonyl (C=O) groups excluding carboxylic acids is 2. The number of anilines is 1. The van der Waals surface area contributed by atoms with E-state index in [1.54, 1.807) is 54.1 Å². The van der Waals surface area contributed by atoms with E-state index in [-0.39, 0.29) is 18.1 Å². The fourth-order valence-corrected chi connectivity index (χ4v) is 3.21. The van der Waals surface area contributed by atoms with Crippen molar-refractivity contribution in [2.75, 3.05) is 18.4 Å². The number of hydrogen-bond donors (Lipinski definition) is 5. The van der Waals surface area contributed by atoms with Gasteiger partial charge in [0.25, 0.3) is 0 Å². The summed E-state index contributed by atoms with van der Waals surface area (Å²) in [6.45, 7) is 1.83. The van der Waals surface area contributed by atoms with Gasteiger partial charge >= 0.3 is 12.2 Å². The van der Waals surface area contributed by atoms with Gasteiger partial charge in [-0.2, -0.15) is 18.3 Å². The minimum atomic E-state index is -4.52. The van der Waals surface area contributed by atoms with Crippen LogP contribution in [0.2, 0.25) is 0 Å². The van der Waals surface area contributed by atoms with Gasteiger partial charge in [0, 0.05) is 41.3 Å². The van der Waals surface area contributed by atoms with Crippen LogP contribution in [0, 0.1) is 0 Å². The van der Waals surface area contributed by atoms with Crippen LogP contribution in [0.4, 0.5) is 23.7 Å². The summed E-state index contributed by atoms with van der Waals surface area (Å²) in [5, 5.41) is 20.4. The van der Waals surface area contributed by atoms with Gasteiger partial charge in [-0.25, -0.2) is 14.3 Å². The number of aliphatic hydroxyl groups is 1. The molecule has 0 saturated carbocycles. The number of allylic oxidation sites excluding steroid dienone is 1. The van der Waals surface area contributed by atoms with Crippen LogP contribution in [-0.4, -0.2) is 69.3 Å². The van der Waals surface area contributed by atoms with Crippen LogP contribution < -0.4 is 21.7 Å². The Labute approximate surface area is 215 Å². The summed E-state index contributed by atoms with van der Waals surface area (Å²) in [5.74, 6) is -0.348. The molecule has 0 spiro atoms. The molecule has 0 bridgehead atoms. The zero-order valence-electron chi connectivity index (χ0n) is 20.5. The number of nitrogens with two attached hydrogens (primary N) is 1. The maximum Gasteiger partial charge on any atom is 0.405 e. The second-order valence-corrected chi connectivity index (χ2v) is 8.33. The zero-order valence-corrected chi connectivity index (χ0v) is 20.5. The Morgan fingerprint density at radius 1 is 1.21 bits per heavy atom.